The Balaban J connectivity index is 1.21. The number of rotatable bonds is 4. The second kappa shape index (κ2) is 7.28. The summed E-state index contributed by atoms with van der Waals surface area (Å²) in [6.07, 6.45) is 5.65. The number of hydrogen-bond donors (Lipinski definition) is 1. The molecule has 3 atom stereocenters. The fraction of sp³-hybridized carbons (Fsp3) is 0.750. The van der Waals surface area contributed by atoms with Gasteiger partial charge in [0.25, 0.3) is 0 Å². The average molecular weight is 361 g/mol. The molecule has 5 heteroatoms. The van der Waals surface area contributed by atoms with Crippen molar-refractivity contribution in [1.29, 1.82) is 0 Å². The van der Waals surface area contributed by atoms with Gasteiger partial charge in [-0.25, -0.2) is 0 Å². The summed E-state index contributed by atoms with van der Waals surface area (Å²) in [7, 11) is 0. The molecule has 1 saturated heterocycles. The van der Waals surface area contributed by atoms with Gasteiger partial charge < -0.3 is 14.8 Å². The number of thiocarbonyl (C=S) groups is 1. The van der Waals surface area contributed by atoms with E-state index in [1.54, 1.807) is 0 Å². The van der Waals surface area contributed by atoms with Crippen LogP contribution in [0.15, 0.2) is 12.1 Å². The van der Waals surface area contributed by atoms with Crippen molar-refractivity contribution in [3.05, 3.63) is 23.5 Å². The van der Waals surface area contributed by atoms with E-state index in [1.807, 2.05) is 0 Å². The molecule has 138 valence electrons. The van der Waals surface area contributed by atoms with Gasteiger partial charge >= 0.3 is 0 Å². The monoisotopic (exact) mass is 360 g/mol. The van der Waals surface area contributed by atoms with Crippen molar-refractivity contribution in [2.75, 3.05) is 32.7 Å². The van der Waals surface area contributed by atoms with Crippen molar-refractivity contribution >= 4 is 17.3 Å². The van der Waals surface area contributed by atoms with E-state index in [9.17, 15) is 0 Å². The zero-order valence-electron chi connectivity index (χ0n) is 15.7. The summed E-state index contributed by atoms with van der Waals surface area (Å²) in [5.41, 5.74) is 2.74. The molecule has 1 N–H and O–H groups in total. The SMILES string of the molecule is Cc1ccc(C)n1CCN1CCN(C(=S)NC2CC3CCC2C3)CC1. The molecule has 1 aromatic rings. The molecule has 4 rings (SSSR count). The zero-order valence-corrected chi connectivity index (χ0v) is 16.5. The molecule has 1 aliphatic heterocycles. The molecule has 0 spiro atoms. The van der Waals surface area contributed by atoms with Gasteiger partial charge in [0.1, 0.15) is 0 Å². The van der Waals surface area contributed by atoms with Gasteiger partial charge in [-0.1, -0.05) is 6.42 Å². The lowest BCUT2D eigenvalue weighted by Gasteiger charge is -2.38. The first-order valence-corrected chi connectivity index (χ1v) is 10.4. The van der Waals surface area contributed by atoms with Crippen LogP contribution in [0.1, 0.15) is 37.1 Å². The van der Waals surface area contributed by atoms with E-state index in [0.717, 1.165) is 56.2 Å². The molecule has 2 bridgehead atoms. The van der Waals surface area contributed by atoms with Crippen LogP contribution >= 0.6 is 12.2 Å². The molecule has 2 heterocycles. The first-order valence-electron chi connectivity index (χ1n) is 10.0. The average Bonchev–Trinajstić information content (AvgIpc) is 3.31. The Morgan fingerprint density at radius 1 is 1.04 bits per heavy atom. The van der Waals surface area contributed by atoms with Crippen LogP contribution in [-0.4, -0.2) is 58.2 Å². The number of nitrogens with zero attached hydrogens (tertiary/aromatic N) is 3. The zero-order chi connectivity index (χ0) is 17.4. The van der Waals surface area contributed by atoms with E-state index in [4.69, 9.17) is 12.2 Å². The summed E-state index contributed by atoms with van der Waals surface area (Å²) in [5.74, 6) is 1.86. The van der Waals surface area contributed by atoms with Gasteiger partial charge in [0.15, 0.2) is 5.11 Å². The smallest absolute Gasteiger partial charge is 0.169 e. The minimum Gasteiger partial charge on any atom is -0.360 e. The number of piperazine rings is 1. The minimum absolute atomic E-state index is 0.656. The van der Waals surface area contributed by atoms with E-state index < -0.39 is 0 Å². The third-order valence-electron chi connectivity index (χ3n) is 6.76. The maximum atomic E-state index is 5.72. The number of fused-ring (bicyclic) bond motifs is 2. The summed E-state index contributed by atoms with van der Waals surface area (Å²) < 4.78 is 2.42. The fourth-order valence-corrected chi connectivity index (χ4v) is 5.47. The molecule has 0 aromatic carbocycles. The predicted molar refractivity (Wildman–Crippen MR) is 107 cm³/mol. The highest BCUT2D eigenvalue weighted by Gasteiger charge is 2.40. The first-order chi connectivity index (χ1) is 12.1. The van der Waals surface area contributed by atoms with E-state index in [2.05, 4.69) is 45.7 Å². The third kappa shape index (κ3) is 3.72. The van der Waals surface area contributed by atoms with Gasteiger partial charge in [0, 0.05) is 56.7 Å². The van der Waals surface area contributed by atoms with Crippen LogP contribution in [0.4, 0.5) is 0 Å². The lowest BCUT2D eigenvalue weighted by atomic mass is 9.95. The van der Waals surface area contributed by atoms with Crippen molar-refractivity contribution in [2.24, 2.45) is 11.8 Å². The topological polar surface area (TPSA) is 23.4 Å². The van der Waals surface area contributed by atoms with E-state index in [1.165, 1.54) is 37.1 Å². The Bertz CT molecular complexity index is 598. The van der Waals surface area contributed by atoms with E-state index >= 15 is 0 Å². The standard InChI is InChI=1S/C20H32N4S/c1-15-3-4-16(2)24(15)12-9-22-7-10-23(11-8-22)20(25)21-19-14-17-5-6-18(19)13-17/h3-4,17-19H,5-14H2,1-2H3,(H,21,25). The number of hydrogen-bond acceptors (Lipinski definition) is 2. The van der Waals surface area contributed by atoms with Crippen LogP contribution in [-0.2, 0) is 6.54 Å². The predicted octanol–water partition coefficient (Wildman–Crippen LogP) is 2.79. The van der Waals surface area contributed by atoms with Crippen LogP contribution in [0, 0.1) is 25.7 Å². The Kier molecular flexibility index (Phi) is 5.05. The molecule has 3 aliphatic rings. The minimum atomic E-state index is 0.656. The highest BCUT2D eigenvalue weighted by Crippen LogP contribution is 2.44. The molecule has 0 amide bonds. The molecule has 25 heavy (non-hydrogen) atoms. The molecule has 3 fully saturated rings. The van der Waals surface area contributed by atoms with Crippen LogP contribution < -0.4 is 5.32 Å². The van der Waals surface area contributed by atoms with Crippen molar-refractivity contribution in [1.82, 2.24) is 19.7 Å². The molecule has 2 aliphatic carbocycles. The Morgan fingerprint density at radius 2 is 1.76 bits per heavy atom. The highest BCUT2D eigenvalue weighted by molar-refractivity contribution is 7.80. The molecule has 2 saturated carbocycles. The largest absolute Gasteiger partial charge is 0.360 e. The van der Waals surface area contributed by atoms with Gasteiger partial charge in [-0.05, 0) is 69.3 Å². The summed E-state index contributed by atoms with van der Waals surface area (Å²) in [6, 6.07) is 5.09. The number of nitrogens with one attached hydrogen (secondary N) is 1. The first kappa shape index (κ1) is 17.3. The summed E-state index contributed by atoms with van der Waals surface area (Å²) >= 11 is 5.72. The molecule has 3 unspecified atom stereocenters. The van der Waals surface area contributed by atoms with Crippen LogP contribution in [0.3, 0.4) is 0 Å². The van der Waals surface area contributed by atoms with Crippen molar-refractivity contribution in [2.45, 2.75) is 52.1 Å². The molecule has 1 aromatic heterocycles. The summed E-state index contributed by atoms with van der Waals surface area (Å²) in [4.78, 5) is 4.97. The van der Waals surface area contributed by atoms with Crippen molar-refractivity contribution in [3.63, 3.8) is 0 Å². The van der Waals surface area contributed by atoms with E-state index in [-0.39, 0.29) is 0 Å². The van der Waals surface area contributed by atoms with Gasteiger partial charge in [-0.3, -0.25) is 4.90 Å². The Labute approximate surface area is 157 Å². The highest BCUT2D eigenvalue weighted by atomic mass is 32.1. The Hall–Kier alpha value is -1.07. The van der Waals surface area contributed by atoms with Gasteiger partial charge in [-0.2, -0.15) is 0 Å². The molecule has 4 nitrogen and oxygen atoms in total. The molecular weight excluding hydrogens is 328 g/mol. The van der Waals surface area contributed by atoms with Gasteiger partial charge in [-0.15, -0.1) is 0 Å². The maximum absolute atomic E-state index is 5.72. The summed E-state index contributed by atoms with van der Waals surface area (Å²) in [5, 5.41) is 4.71. The number of aryl methyl sites for hydroxylation is 2. The Morgan fingerprint density at radius 3 is 2.36 bits per heavy atom. The van der Waals surface area contributed by atoms with Crippen LogP contribution in [0.5, 0.6) is 0 Å². The lowest BCUT2D eigenvalue weighted by Crippen LogP contribution is -2.54. The molecule has 0 radical (unpaired) electrons. The number of aromatic nitrogens is 1. The molecular formula is C20H32N4S. The normalized spacial score (nSPS) is 29.4. The lowest BCUT2D eigenvalue weighted by molar-refractivity contribution is 0.174. The summed E-state index contributed by atoms with van der Waals surface area (Å²) in [6.45, 7) is 11.0. The van der Waals surface area contributed by atoms with E-state index in [0.29, 0.717) is 6.04 Å². The van der Waals surface area contributed by atoms with Crippen LogP contribution in [0.25, 0.3) is 0 Å². The van der Waals surface area contributed by atoms with Crippen molar-refractivity contribution < 1.29 is 0 Å². The van der Waals surface area contributed by atoms with Crippen LogP contribution in [0.2, 0.25) is 0 Å². The quantitative estimate of drug-likeness (QED) is 0.834. The fourth-order valence-electron chi connectivity index (χ4n) is 5.14. The maximum Gasteiger partial charge on any atom is 0.169 e. The van der Waals surface area contributed by atoms with Gasteiger partial charge in [0.2, 0.25) is 0 Å². The second-order valence-corrected chi connectivity index (χ2v) is 8.71. The third-order valence-corrected chi connectivity index (χ3v) is 7.14. The second-order valence-electron chi connectivity index (χ2n) is 8.33. The van der Waals surface area contributed by atoms with Crippen molar-refractivity contribution in [3.8, 4) is 0 Å². The van der Waals surface area contributed by atoms with Gasteiger partial charge in [0.05, 0.1) is 0 Å².